The second kappa shape index (κ2) is 7.41. The molecule has 1 aromatic heterocycles. The third-order valence-electron chi connectivity index (χ3n) is 2.85. The van der Waals surface area contributed by atoms with Gasteiger partial charge in [-0.15, -0.1) is 0 Å². The standard InChI is InChI=1S/C12H23N3O/c1-4-12(9-16-3)13-7-5-6-11-8-14-15-10(11)2/h8,12-13H,4-7,9H2,1-3H3,(H,14,15). The summed E-state index contributed by atoms with van der Waals surface area (Å²) >= 11 is 0. The highest BCUT2D eigenvalue weighted by Crippen LogP contribution is 2.05. The number of aromatic amines is 1. The first kappa shape index (κ1) is 13.2. The van der Waals surface area contributed by atoms with Gasteiger partial charge in [0.2, 0.25) is 0 Å². The maximum Gasteiger partial charge on any atom is 0.0615 e. The average molecular weight is 225 g/mol. The minimum atomic E-state index is 0.482. The molecule has 1 aromatic rings. The van der Waals surface area contributed by atoms with Gasteiger partial charge >= 0.3 is 0 Å². The van der Waals surface area contributed by atoms with Crippen LogP contribution in [0.3, 0.4) is 0 Å². The number of ether oxygens (including phenoxy) is 1. The zero-order valence-electron chi connectivity index (χ0n) is 10.5. The van der Waals surface area contributed by atoms with E-state index in [1.807, 2.05) is 6.20 Å². The van der Waals surface area contributed by atoms with Crippen LogP contribution in [0, 0.1) is 6.92 Å². The van der Waals surface area contributed by atoms with Crippen LogP contribution in [0.1, 0.15) is 31.0 Å². The molecule has 0 fully saturated rings. The maximum absolute atomic E-state index is 5.14. The maximum atomic E-state index is 5.14. The first-order valence-electron chi connectivity index (χ1n) is 5.99. The fourth-order valence-corrected chi connectivity index (χ4v) is 1.74. The van der Waals surface area contributed by atoms with Crippen molar-refractivity contribution in [3.8, 4) is 0 Å². The quantitative estimate of drug-likeness (QED) is 0.662. The van der Waals surface area contributed by atoms with E-state index in [0.29, 0.717) is 6.04 Å². The van der Waals surface area contributed by atoms with Gasteiger partial charge in [0, 0.05) is 18.8 Å². The van der Waals surface area contributed by atoms with E-state index in [1.165, 1.54) is 11.3 Å². The number of aromatic nitrogens is 2. The Morgan fingerprint density at radius 1 is 1.56 bits per heavy atom. The van der Waals surface area contributed by atoms with Crippen LogP contribution in [0.4, 0.5) is 0 Å². The second-order valence-corrected chi connectivity index (χ2v) is 4.14. The van der Waals surface area contributed by atoms with Gasteiger partial charge in [0.15, 0.2) is 0 Å². The lowest BCUT2D eigenvalue weighted by Gasteiger charge is -2.15. The molecule has 4 nitrogen and oxygen atoms in total. The van der Waals surface area contributed by atoms with Gasteiger partial charge in [-0.05, 0) is 38.3 Å². The lowest BCUT2D eigenvalue weighted by atomic mass is 10.1. The Balaban J connectivity index is 2.14. The summed E-state index contributed by atoms with van der Waals surface area (Å²) in [6.45, 7) is 6.07. The number of hydrogen-bond donors (Lipinski definition) is 2. The van der Waals surface area contributed by atoms with Gasteiger partial charge in [-0.2, -0.15) is 5.10 Å². The third kappa shape index (κ3) is 4.33. The molecule has 0 saturated carbocycles. The highest BCUT2D eigenvalue weighted by atomic mass is 16.5. The molecule has 1 heterocycles. The van der Waals surface area contributed by atoms with Crippen LogP contribution in [0.15, 0.2) is 6.20 Å². The number of aryl methyl sites for hydroxylation is 2. The van der Waals surface area contributed by atoms with Crippen molar-refractivity contribution in [1.29, 1.82) is 0 Å². The molecule has 0 aliphatic rings. The predicted octanol–water partition coefficient (Wildman–Crippen LogP) is 1.67. The minimum Gasteiger partial charge on any atom is -0.383 e. The van der Waals surface area contributed by atoms with E-state index in [4.69, 9.17) is 4.74 Å². The second-order valence-electron chi connectivity index (χ2n) is 4.14. The molecule has 1 atom stereocenters. The lowest BCUT2D eigenvalue weighted by molar-refractivity contribution is 0.164. The molecule has 1 unspecified atom stereocenters. The van der Waals surface area contributed by atoms with E-state index in [0.717, 1.165) is 32.4 Å². The van der Waals surface area contributed by atoms with Crippen LogP contribution in [-0.4, -0.2) is 36.5 Å². The molecule has 2 N–H and O–H groups in total. The van der Waals surface area contributed by atoms with Crippen molar-refractivity contribution in [2.75, 3.05) is 20.3 Å². The summed E-state index contributed by atoms with van der Waals surface area (Å²) in [4.78, 5) is 0. The van der Waals surface area contributed by atoms with E-state index in [9.17, 15) is 0 Å². The zero-order chi connectivity index (χ0) is 11.8. The van der Waals surface area contributed by atoms with Crippen LogP contribution in [-0.2, 0) is 11.2 Å². The summed E-state index contributed by atoms with van der Waals surface area (Å²) in [5, 5.41) is 10.5. The highest BCUT2D eigenvalue weighted by molar-refractivity contribution is 5.14. The molecule has 0 spiro atoms. The Bertz CT molecular complexity index is 286. The molecule has 0 amide bonds. The van der Waals surface area contributed by atoms with E-state index in [-0.39, 0.29) is 0 Å². The highest BCUT2D eigenvalue weighted by Gasteiger charge is 2.04. The molecule has 1 rings (SSSR count). The van der Waals surface area contributed by atoms with Gasteiger partial charge in [0.25, 0.3) is 0 Å². The van der Waals surface area contributed by atoms with E-state index in [2.05, 4.69) is 29.4 Å². The summed E-state index contributed by atoms with van der Waals surface area (Å²) in [6.07, 6.45) is 5.25. The first-order chi connectivity index (χ1) is 7.77. The van der Waals surface area contributed by atoms with Crippen molar-refractivity contribution in [1.82, 2.24) is 15.5 Å². The minimum absolute atomic E-state index is 0.482. The Labute approximate surface area is 97.8 Å². The van der Waals surface area contributed by atoms with Crippen molar-refractivity contribution < 1.29 is 4.74 Å². The SMILES string of the molecule is CCC(COC)NCCCc1cn[nH]c1C. The van der Waals surface area contributed by atoms with Crippen molar-refractivity contribution in [2.45, 2.75) is 39.2 Å². The summed E-state index contributed by atoms with van der Waals surface area (Å²) in [5.41, 5.74) is 2.51. The first-order valence-corrected chi connectivity index (χ1v) is 5.99. The van der Waals surface area contributed by atoms with E-state index < -0.39 is 0 Å². The van der Waals surface area contributed by atoms with Crippen LogP contribution in [0.2, 0.25) is 0 Å². The van der Waals surface area contributed by atoms with E-state index >= 15 is 0 Å². The molecule has 0 saturated heterocycles. The average Bonchev–Trinajstić information content (AvgIpc) is 2.69. The number of nitrogens with one attached hydrogen (secondary N) is 2. The van der Waals surface area contributed by atoms with Crippen LogP contribution in [0.25, 0.3) is 0 Å². The zero-order valence-corrected chi connectivity index (χ0v) is 10.5. The Hall–Kier alpha value is -0.870. The third-order valence-corrected chi connectivity index (χ3v) is 2.85. The molecule has 0 bridgehead atoms. The molecule has 0 aliphatic carbocycles. The van der Waals surface area contributed by atoms with E-state index in [1.54, 1.807) is 7.11 Å². The fraction of sp³-hybridized carbons (Fsp3) is 0.750. The number of methoxy groups -OCH3 is 1. The summed E-state index contributed by atoms with van der Waals surface area (Å²) in [6, 6.07) is 0.482. The van der Waals surface area contributed by atoms with Crippen LogP contribution >= 0.6 is 0 Å². The van der Waals surface area contributed by atoms with Crippen molar-refractivity contribution in [3.05, 3.63) is 17.5 Å². The lowest BCUT2D eigenvalue weighted by Crippen LogP contribution is -2.33. The van der Waals surface area contributed by atoms with Crippen LogP contribution in [0.5, 0.6) is 0 Å². The van der Waals surface area contributed by atoms with Gasteiger partial charge in [0.1, 0.15) is 0 Å². The number of rotatable bonds is 8. The van der Waals surface area contributed by atoms with Crippen LogP contribution < -0.4 is 5.32 Å². The molecule has 0 aromatic carbocycles. The monoisotopic (exact) mass is 225 g/mol. The molecule has 92 valence electrons. The van der Waals surface area contributed by atoms with Gasteiger partial charge in [-0.3, -0.25) is 5.10 Å². The largest absolute Gasteiger partial charge is 0.383 e. The van der Waals surface area contributed by atoms with Crippen molar-refractivity contribution >= 4 is 0 Å². The molecular formula is C12H23N3O. The Kier molecular flexibility index (Phi) is 6.11. The number of nitrogens with zero attached hydrogens (tertiary/aromatic N) is 1. The summed E-state index contributed by atoms with van der Waals surface area (Å²) in [5.74, 6) is 0. The van der Waals surface area contributed by atoms with Gasteiger partial charge in [-0.1, -0.05) is 6.92 Å². The summed E-state index contributed by atoms with van der Waals surface area (Å²) in [7, 11) is 1.75. The van der Waals surface area contributed by atoms with Crippen molar-refractivity contribution in [2.24, 2.45) is 0 Å². The number of H-pyrrole nitrogens is 1. The summed E-state index contributed by atoms with van der Waals surface area (Å²) < 4.78 is 5.14. The normalized spacial score (nSPS) is 12.9. The smallest absolute Gasteiger partial charge is 0.0615 e. The molecule has 16 heavy (non-hydrogen) atoms. The Morgan fingerprint density at radius 3 is 2.94 bits per heavy atom. The molecular weight excluding hydrogens is 202 g/mol. The molecule has 0 radical (unpaired) electrons. The topological polar surface area (TPSA) is 49.9 Å². The molecule has 0 aliphatic heterocycles. The van der Waals surface area contributed by atoms with Crippen molar-refractivity contribution in [3.63, 3.8) is 0 Å². The predicted molar refractivity (Wildman–Crippen MR) is 65.6 cm³/mol. The van der Waals surface area contributed by atoms with Gasteiger partial charge < -0.3 is 10.1 Å². The molecule has 4 heteroatoms. The fourth-order valence-electron chi connectivity index (χ4n) is 1.74. The Morgan fingerprint density at radius 2 is 2.38 bits per heavy atom. The van der Waals surface area contributed by atoms with Gasteiger partial charge in [0.05, 0.1) is 12.8 Å². The van der Waals surface area contributed by atoms with Gasteiger partial charge in [-0.25, -0.2) is 0 Å². The number of hydrogen-bond acceptors (Lipinski definition) is 3.